The fourth-order valence-electron chi connectivity index (χ4n) is 4.76. The molecular formula is C29H26O. The fraction of sp³-hybridized carbons (Fsp3) is 0.172. The Hall–Kier alpha value is -3.32. The number of benzene rings is 4. The van der Waals surface area contributed by atoms with E-state index in [1.165, 1.54) is 38.9 Å². The predicted molar refractivity (Wildman–Crippen MR) is 124 cm³/mol. The average molecular weight is 391 g/mol. The Morgan fingerprint density at radius 3 is 1.27 bits per heavy atom. The van der Waals surface area contributed by atoms with E-state index in [0.717, 1.165) is 0 Å². The Balaban J connectivity index is 1.60. The SMILES string of the molecule is CC(C)(c1ccc(O)cc1)c1ccc(C2(C)c3ccc(cc3)-c3ccc2cc3)cc1. The maximum absolute atomic E-state index is 9.64. The molecule has 0 heterocycles. The summed E-state index contributed by atoms with van der Waals surface area (Å²) in [6.07, 6.45) is 0. The van der Waals surface area contributed by atoms with Gasteiger partial charge in [-0.15, -0.1) is 0 Å². The lowest BCUT2D eigenvalue weighted by molar-refractivity contribution is 0.474. The van der Waals surface area contributed by atoms with E-state index in [0.29, 0.717) is 5.75 Å². The Morgan fingerprint density at radius 2 is 0.867 bits per heavy atom. The molecule has 0 fully saturated rings. The van der Waals surface area contributed by atoms with Crippen molar-refractivity contribution in [2.24, 2.45) is 0 Å². The highest BCUT2D eigenvalue weighted by Gasteiger charge is 2.33. The molecule has 8 rings (SSSR count). The van der Waals surface area contributed by atoms with Crippen LogP contribution >= 0.6 is 0 Å². The van der Waals surface area contributed by atoms with Crippen LogP contribution in [0.5, 0.6) is 5.75 Å². The lowest BCUT2D eigenvalue weighted by Gasteiger charge is -2.33. The lowest BCUT2D eigenvalue weighted by Crippen LogP contribution is -2.25. The molecule has 0 aromatic heterocycles. The van der Waals surface area contributed by atoms with Gasteiger partial charge in [-0.3, -0.25) is 0 Å². The molecule has 0 saturated heterocycles. The zero-order valence-corrected chi connectivity index (χ0v) is 17.7. The second-order valence-electron chi connectivity index (χ2n) is 9.03. The van der Waals surface area contributed by atoms with Gasteiger partial charge in [0.25, 0.3) is 0 Å². The van der Waals surface area contributed by atoms with Crippen LogP contribution < -0.4 is 0 Å². The van der Waals surface area contributed by atoms with E-state index >= 15 is 0 Å². The summed E-state index contributed by atoms with van der Waals surface area (Å²) in [6, 6.07) is 34.6. The van der Waals surface area contributed by atoms with E-state index in [2.05, 4.69) is 93.6 Å². The summed E-state index contributed by atoms with van der Waals surface area (Å²) in [7, 11) is 0. The largest absolute Gasteiger partial charge is 0.508 e. The molecule has 0 radical (unpaired) electrons. The Kier molecular flexibility index (Phi) is 4.11. The highest BCUT2D eigenvalue weighted by atomic mass is 16.3. The second kappa shape index (κ2) is 6.60. The van der Waals surface area contributed by atoms with Gasteiger partial charge in [0.2, 0.25) is 0 Å². The number of rotatable bonds is 3. The van der Waals surface area contributed by atoms with Gasteiger partial charge in [-0.1, -0.05) is 98.8 Å². The van der Waals surface area contributed by atoms with Crippen molar-refractivity contribution in [2.45, 2.75) is 31.6 Å². The third-order valence-electron chi connectivity index (χ3n) is 7.03. The topological polar surface area (TPSA) is 20.2 Å². The summed E-state index contributed by atoms with van der Waals surface area (Å²) in [5.74, 6) is 0.301. The first-order valence-corrected chi connectivity index (χ1v) is 10.5. The summed E-state index contributed by atoms with van der Waals surface area (Å²) < 4.78 is 0. The zero-order chi connectivity index (χ0) is 20.9. The maximum atomic E-state index is 9.64. The first-order chi connectivity index (χ1) is 14.4. The van der Waals surface area contributed by atoms with Crippen LogP contribution in [-0.4, -0.2) is 5.11 Å². The third kappa shape index (κ3) is 2.77. The van der Waals surface area contributed by atoms with E-state index < -0.39 is 0 Å². The van der Waals surface area contributed by atoms with Gasteiger partial charge in [0.1, 0.15) is 5.75 Å². The van der Waals surface area contributed by atoms with Crippen molar-refractivity contribution < 1.29 is 5.11 Å². The van der Waals surface area contributed by atoms with Crippen LogP contribution in [0.2, 0.25) is 0 Å². The van der Waals surface area contributed by atoms with Crippen LogP contribution in [-0.2, 0) is 10.8 Å². The molecule has 1 heteroatoms. The Morgan fingerprint density at radius 1 is 0.533 bits per heavy atom. The number of phenols is 1. The first kappa shape index (κ1) is 18.7. The van der Waals surface area contributed by atoms with Gasteiger partial charge in [-0.25, -0.2) is 0 Å². The summed E-state index contributed by atoms with van der Waals surface area (Å²) in [6.45, 7) is 6.78. The summed E-state index contributed by atoms with van der Waals surface area (Å²) in [5.41, 5.74) is 8.53. The van der Waals surface area contributed by atoms with E-state index in [4.69, 9.17) is 0 Å². The minimum Gasteiger partial charge on any atom is -0.508 e. The van der Waals surface area contributed by atoms with Crippen molar-refractivity contribution in [3.05, 3.63) is 125 Å². The smallest absolute Gasteiger partial charge is 0.115 e. The molecule has 4 aliphatic rings. The molecule has 4 aromatic carbocycles. The van der Waals surface area contributed by atoms with Gasteiger partial charge in [0.15, 0.2) is 0 Å². The predicted octanol–water partition coefficient (Wildman–Crippen LogP) is 7.05. The first-order valence-electron chi connectivity index (χ1n) is 10.5. The fourth-order valence-corrected chi connectivity index (χ4v) is 4.76. The highest BCUT2D eigenvalue weighted by Crippen LogP contribution is 2.42. The van der Waals surface area contributed by atoms with E-state index in [1.807, 2.05) is 12.1 Å². The number of aromatic hydroxyl groups is 1. The van der Waals surface area contributed by atoms with Gasteiger partial charge >= 0.3 is 0 Å². The summed E-state index contributed by atoms with van der Waals surface area (Å²) >= 11 is 0. The molecule has 4 bridgehead atoms. The summed E-state index contributed by atoms with van der Waals surface area (Å²) in [4.78, 5) is 0. The van der Waals surface area contributed by atoms with Crippen molar-refractivity contribution in [3.8, 4) is 16.9 Å². The van der Waals surface area contributed by atoms with Crippen LogP contribution in [0.25, 0.3) is 11.1 Å². The molecule has 0 aliphatic heterocycles. The van der Waals surface area contributed by atoms with Crippen LogP contribution in [0.3, 0.4) is 0 Å². The highest BCUT2D eigenvalue weighted by molar-refractivity contribution is 5.67. The molecule has 1 N–H and O–H groups in total. The van der Waals surface area contributed by atoms with Crippen molar-refractivity contribution in [1.29, 1.82) is 0 Å². The maximum Gasteiger partial charge on any atom is 0.115 e. The van der Waals surface area contributed by atoms with Crippen molar-refractivity contribution in [1.82, 2.24) is 0 Å². The van der Waals surface area contributed by atoms with Gasteiger partial charge in [0.05, 0.1) is 0 Å². The minimum absolute atomic E-state index is 0.144. The number of hydrogen-bond acceptors (Lipinski definition) is 1. The van der Waals surface area contributed by atoms with Crippen molar-refractivity contribution in [2.75, 3.05) is 0 Å². The normalized spacial score (nSPS) is 14.2. The monoisotopic (exact) mass is 390 g/mol. The molecular weight excluding hydrogens is 364 g/mol. The number of hydrogen-bond donors (Lipinski definition) is 1. The molecule has 0 atom stereocenters. The van der Waals surface area contributed by atoms with Gasteiger partial charge in [-0.05, 0) is 58.0 Å². The van der Waals surface area contributed by atoms with E-state index in [-0.39, 0.29) is 10.8 Å². The molecule has 0 saturated carbocycles. The number of phenolic OH excluding ortho intramolecular Hbond substituents is 1. The molecule has 148 valence electrons. The van der Waals surface area contributed by atoms with Crippen molar-refractivity contribution in [3.63, 3.8) is 0 Å². The van der Waals surface area contributed by atoms with Crippen molar-refractivity contribution >= 4 is 0 Å². The van der Waals surface area contributed by atoms with Gasteiger partial charge in [0, 0.05) is 10.8 Å². The average Bonchev–Trinajstić information content (AvgIpc) is 2.93. The Bertz CT molecular complexity index is 1130. The molecule has 0 spiro atoms. The van der Waals surface area contributed by atoms with Gasteiger partial charge in [-0.2, -0.15) is 0 Å². The lowest BCUT2D eigenvalue weighted by atomic mass is 9.70. The van der Waals surface area contributed by atoms with E-state index in [9.17, 15) is 5.11 Å². The van der Waals surface area contributed by atoms with Crippen LogP contribution in [0.15, 0.2) is 97.1 Å². The molecule has 1 nitrogen and oxygen atoms in total. The second-order valence-corrected chi connectivity index (χ2v) is 9.03. The third-order valence-corrected chi connectivity index (χ3v) is 7.03. The van der Waals surface area contributed by atoms with Crippen LogP contribution in [0.4, 0.5) is 0 Å². The quantitative estimate of drug-likeness (QED) is 0.397. The molecule has 30 heavy (non-hydrogen) atoms. The standard InChI is InChI=1S/C29H26O/c1-28(2,23-16-18-27(30)19-17-23)22-12-14-26(15-13-22)29(3)24-8-4-20(5-9-24)21-6-10-25(29)11-7-21/h4-19,30H,1-3H3. The summed E-state index contributed by atoms with van der Waals surface area (Å²) in [5, 5.41) is 9.64. The van der Waals surface area contributed by atoms with Crippen LogP contribution in [0, 0.1) is 0 Å². The molecule has 0 amide bonds. The molecule has 0 unspecified atom stereocenters. The molecule has 4 aromatic rings. The Labute approximate surface area is 178 Å². The minimum atomic E-state index is -0.206. The van der Waals surface area contributed by atoms with Gasteiger partial charge < -0.3 is 5.11 Å². The molecule has 4 aliphatic carbocycles. The van der Waals surface area contributed by atoms with E-state index in [1.54, 1.807) is 12.1 Å². The van der Waals surface area contributed by atoms with Crippen LogP contribution in [0.1, 0.15) is 48.6 Å². The zero-order valence-electron chi connectivity index (χ0n) is 17.7.